The van der Waals surface area contributed by atoms with E-state index in [-0.39, 0.29) is 0 Å². The molecule has 0 bridgehead atoms. The van der Waals surface area contributed by atoms with Crippen LogP contribution in [0, 0.1) is 17.8 Å². The molecule has 5 atom stereocenters. The van der Waals surface area contributed by atoms with Crippen LogP contribution in [0.15, 0.2) is 0 Å². The summed E-state index contributed by atoms with van der Waals surface area (Å²) in [6, 6.07) is 0.664. The zero-order chi connectivity index (χ0) is 11.7. The molecule has 0 aromatic heterocycles. The standard InChI is InChI=1S/C14H27NO/c1-9-10(2)16-11(3)13(9)14(15-4)12-7-5-6-8-12/h9-15H,5-8H2,1-4H3. The molecule has 5 unspecified atom stereocenters. The SMILES string of the molecule is CNC(C1CCCC1)C1C(C)OC(C)C1C. The number of hydrogen-bond acceptors (Lipinski definition) is 2. The number of ether oxygens (including phenoxy) is 1. The normalized spacial score (nSPS) is 42.8. The van der Waals surface area contributed by atoms with Crippen LogP contribution in [0.3, 0.4) is 0 Å². The maximum atomic E-state index is 5.99. The van der Waals surface area contributed by atoms with Gasteiger partial charge in [0.25, 0.3) is 0 Å². The van der Waals surface area contributed by atoms with Crippen LogP contribution in [0.25, 0.3) is 0 Å². The summed E-state index contributed by atoms with van der Waals surface area (Å²) in [5, 5.41) is 3.59. The Labute approximate surface area is 100 Å². The number of nitrogens with one attached hydrogen (secondary N) is 1. The van der Waals surface area contributed by atoms with E-state index >= 15 is 0 Å². The first kappa shape index (κ1) is 12.4. The average molecular weight is 225 g/mol. The van der Waals surface area contributed by atoms with Crippen molar-refractivity contribution < 1.29 is 4.74 Å². The van der Waals surface area contributed by atoms with Gasteiger partial charge in [0.2, 0.25) is 0 Å². The summed E-state index contributed by atoms with van der Waals surface area (Å²) in [6.07, 6.45) is 6.52. The molecule has 1 saturated heterocycles. The minimum Gasteiger partial charge on any atom is -0.375 e. The van der Waals surface area contributed by atoms with Crippen LogP contribution in [0.1, 0.15) is 46.5 Å². The van der Waals surface area contributed by atoms with Gasteiger partial charge in [0.05, 0.1) is 12.2 Å². The van der Waals surface area contributed by atoms with E-state index in [1.807, 2.05) is 0 Å². The maximum absolute atomic E-state index is 5.99. The van der Waals surface area contributed by atoms with Crippen molar-refractivity contribution in [2.24, 2.45) is 17.8 Å². The highest BCUT2D eigenvalue weighted by molar-refractivity contribution is 4.95. The van der Waals surface area contributed by atoms with E-state index < -0.39 is 0 Å². The molecule has 1 saturated carbocycles. The minimum atomic E-state index is 0.419. The second-order valence-corrected chi connectivity index (χ2v) is 5.84. The second kappa shape index (κ2) is 5.05. The van der Waals surface area contributed by atoms with Gasteiger partial charge in [-0.2, -0.15) is 0 Å². The monoisotopic (exact) mass is 225 g/mol. The van der Waals surface area contributed by atoms with Gasteiger partial charge in [-0.05, 0) is 45.6 Å². The first-order chi connectivity index (χ1) is 7.65. The zero-order valence-electron chi connectivity index (χ0n) is 11.2. The van der Waals surface area contributed by atoms with Gasteiger partial charge in [-0.15, -0.1) is 0 Å². The molecule has 0 radical (unpaired) electrons. The quantitative estimate of drug-likeness (QED) is 0.797. The van der Waals surface area contributed by atoms with Crippen molar-refractivity contribution in [1.29, 1.82) is 0 Å². The van der Waals surface area contributed by atoms with Gasteiger partial charge in [-0.3, -0.25) is 0 Å². The Kier molecular flexibility index (Phi) is 3.91. The van der Waals surface area contributed by atoms with E-state index in [0.717, 1.165) is 5.92 Å². The van der Waals surface area contributed by atoms with Crippen LogP contribution < -0.4 is 5.32 Å². The Morgan fingerprint density at radius 1 is 1.06 bits per heavy atom. The first-order valence-corrected chi connectivity index (χ1v) is 6.98. The molecule has 0 spiro atoms. The molecular weight excluding hydrogens is 198 g/mol. The van der Waals surface area contributed by atoms with E-state index in [4.69, 9.17) is 4.74 Å². The van der Waals surface area contributed by atoms with Crippen LogP contribution in [0.2, 0.25) is 0 Å². The van der Waals surface area contributed by atoms with Crippen LogP contribution in [-0.2, 0) is 4.74 Å². The molecule has 1 aliphatic carbocycles. The van der Waals surface area contributed by atoms with Crippen molar-refractivity contribution in [3.63, 3.8) is 0 Å². The van der Waals surface area contributed by atoms with Crippen molar-refractivity contribution >= 4 is 0 Å². The highest BCUT2D eigenvalue weighted by Gasteiger charge is 2.43. The molecule has 1 aliphatic heterocycles. The van der Waals surface area contributed by atoms with E-state index in [2.05, 4.69) is 33.1 Å². The van der Waals surface area contributed by atoms with Crippen molar-refractivity contribution in [3.05, 3.63) is 0 Å². The predicted octanol–water partition coefficient (Wildman–Crippen LogP) is 2.82. The summed E-state index contributed by atoms with van der Waals surface area (Å²) in [7, 11) is 2.13. The minimum absolute atomic E-state index is 0.419. The Morgan fingerprint density at radius 2 is 1.69 bits per heavy atom. The topological polar surface area (TPSA) is 21.3 Å². The summed E-state index contributed by atoms with van der Waals surface area (Å²) >= 11 is 0. The molecule has 94 valence electrons. The van der Waals surface area contributed by atoms with E-state index in [0.29, 0.717) is 30.1 Å². The smallest absolute Gasteiger partial charge is 0.0597 e. The first-order valence-electron chi connectivity index (χ1n) is 6.98. The molecule has 1 heterocycles. The summed E-state index contributed by atoms with van der Waals surface area (Å²) in [5.74, 6) is 2.27. The fraction of sp³-hybridized carbons (Fsp3) is 1.00. The third-order valence-electron chi connectivity index (χ3n) is 4.97. The fourth-order valence-electron chi connectivity index (χ4n) is 3.97. The van der Waals surface area contributed by atoms with Gasteiger partial charge in [0.15, 0.2) is 0 Å². The Bertz CT molecular complexity index is 225. The Morgan fingerprint density at radius 3 is 2.12 bits per heavy atom. The van der Waals surface area contributed by atoms with Crippen molar-refractivity contribution in [3.8, 4) is 0 Å². The summed E-state index contributed by atoms with van der Waals surface area (Å²) in [4.78, 5) is 0. The number of rotatable bonds is 3. The highest BCUT2D eigenvalue weighted by Crippen LogP contribution is 2.40. The molecule has 1 N–H and O–H groups in total. The van der Waals surface area contributed by atoms with Crippen LogP contribution in [0.4, 0.5) is 0 Å². The molecule has 2 nitrogen and oxygen atoms in total. The molecular formula is C14H27NO. The average Bonchev–Trinajstić information content (AvgIpc) is 2.84. The predicted molar refractivity (Wildman–Crippen MR) is 67.5 cm³/mol. The third-order valence-corrected chi connectivity index (χ3v) is 4.97. The van der Waals surface area contributed by atoms with Gasteiger partial charge in [-0.1, -0.05) is 19.8 Å². The summed E-state index contributed by atoms with van der Waals surface area (Å²) in [5.41, 5.74) is 0. The Hall–Kier alpha value is -0.0800. The van der Waals surface area contributed by atoms with Crippen molar-refractivity contribution in [1.82, 2.24) is 5.32 Å². The molecule has 0 aromatic rings. The maximum Gasteiger partial charge on any atom is 0.0597 e. The zero-order valence-corrected chi connectivity index (χ0v) is 11.2. The molecule has 2 fully saturated rings. The van der Waals surface area contributed by atoms with Crippen molar-refractivity contribution in [2.75, 3.05) is 7.05 Å². The lowest BCUT2D eigenvalue weighted by Crippen LogP contribution is -2.44. The van der Waals surface area contributed by atoms with E-state index in [1.165, 1.54) is 25.7 Å². The second-order valence-electron chi connectivity index (χ2n) is 5.84. The van der Waals surface area contributed by atoms with E-state index in [1.54, 1.807) is 0 Å². The van der Waals surface area contributed by atoms with Crippen LogP contribution >= 0.6 is 0 Å². The van der Waals surface area contributed by atoms with Gasteiger partial charge in [0, 0.05) is 12.0 Å². The van der Waals surface area contributed by atoms with E-state index in [9.17, 15) is 0 Å². The van der Waals surface area contributed by atoms with Gasteiger partial charge in [0.1, 0.15) is 0 Å². The van der Waals surface area contributed by atoms with Crippen LogP contribution in [0.5, 0.6) is 0 Å². The highest BCUT2D eigenvalue weighted by atomic mass is 16.5. The number of hydrogen-bond donors (Lipinski definition) is 1. The van der Waals surface area contributed by atoms with Gasteiger partial charge < -0.3 is 10.1 Å². The summed E-state index contributed by atoms with van der Waals surface area (Å²) in [6.45, 7) is 6.84. The lowest BCUT2D eigenvalue weighted by Gasteiger charge is -2.33. The lowest BCUT2D eigenvalue weighted by atomic mass is 9.77. The molecule has 16 heavy (non-hydrogen) atoms. The molecule has 2 aliphatic rings. The third kappa shape index (κ3) is 2.14. The van der Waals surface area contributed by atoms with Crippen LogP contribution in [-0.4, -0.2) is 25.3 Å². The van der Waals surface area contributed by atoms with Crippen molar-refractivity contribution in [2.45, 2.75) is 64.7 Å². The Balaban J connectivity index is 2.07. The molecule has 2 rings (SSSR count). The van der Waals surface area contributed by atoms with Gasteiger partial charge in [-0.25, -0.2) is 0 Å². The van der Waals surface area contributed by atoms with Gasteiger partial charge >= 0.3 is 0 Å². The molecule has 0 amide bonds. The molecule has 0 aromatic carbocycles. The summed E-state index contributed by atoms with van der Waals surface area (Å²) < 4.78 is 5.99. The lowest BCUT2D eigenvalue weighted by molar-refractivity contribution is 0.0450. The largest absolute Gasteiger partial charge is 0.375 e. The fourth-order valence-corrected chi connectivity index (χ4v) is 3.97. The molecule has 2 heteroatoms.